The number of hydrogen-bond acceptors (Lipinski definition) is 4. The monoisotopic (exact) mass is 428 g/mol. The van der Waals surface area contributed by atoms with Crippen LogP contribution in [0.2, 0.25) is 0 Å². The van der Waals surface area contributed by atoms with Crippen molar-refractivity contribution in [2.24, 2.45) is 0 Å². The molecule has 0 aromatic carbocycles. The Bertz CT molecular complexity index is 220. The fraction of sp³-hybridized carbons (Fsp3) is 0.875. The van der Waals surface area contributed by atoms with Gasteiger partial charge in [-0.2, -0.15) is 0 Å². The van der Waals surface area contributed by atoms with E-state index in [9.17, 15) is 0 Å². The van der Waals surface area contributed by atoms with Crippen LogP contribution >= 0.6 is 49.6 Å². The Kier molecular flexibility index (Phi) is 47.0. The summed E-state index contributed by atoms with van der Waals surface area (Å²) in [6, 6.07) is 0.596. The molecule has 152 valence electrons. The molecule has 0 atom stereocenters. The molecular formula is C16H40Cl4N4. The summed E-state index contributed by atoms with van der Waals surface area (Å²) in [6.07, 6.45) is 8.03. The third-order valence-electron chi connectivity index (χ3n) is 2.91. The van der Waals surface area contributed by atoms with Gasteiger partial charge in [-0.3, -0.25) is 0 Å². The van der Waals surface area contributed by atoms with Crippen LogP contribution in [0.15, 0.2) is 12.2 Å². The fourth-order valence-electron chi connectivity index (χ4n) is 1.78. The molecule has 0 fully saturated rings. The van der Waals surface area contributed by atoms with Gasteiger partial charge in [0, 0.05) is 19.1 Å². The van der Waals surface area contributed by atoms with Crippen LogP contribution in [0.5, 0.6) is 0 Å². The van der Waals surface area contributed by atoms with E-state index in [1.54, 1.807) is 0 Å². The van der Waals surface area contributed by atoms with Crippen molar-refractivity contribution in [1.82, 2.24) is 21.3 Å². The molecule has 0 aliphatic carbocycles. The number of hydrogen-bond donors (Lipinski definition) is 4. The Morgan fingerprint density at radius 3 is 1.58 bits per heavy atom. The Morgan fingerprint density at radius 2 is 1.12 bits per heavy atom. The van der Waals surface area contributed by atoms with Crippen molar-refractivity contribution < 1.29 is 0 Å². The zero-order chi connectivity index (χ0) is 14.9. The first kappa shape index (κ1) is 35.8. The highest BCUT2D eigenvalue weighted by Gasteiger charge is 1.90. The van der Waals surface area contributed by atoms with Gasteiger partial charge in [0.2, 0.25) is 0 Å². The lowest BCUT2D eigenvalue weighted by atomic mass is 10.3. The second-order valence-electron chi connectivity index (χ2n) is 5.45. The van der Waals surface area contributed by atoms with Crippen LogP contribution in [0, 0.1) is 0 Å². The molecule has 24 heavy (non-hydrogen) atoms. The maximum absolute atomic E-state index is 3.42. The van der Waals surface area contributed by atoms with E-state index in [1.807, 2.05) is 0 Å². The van der Waals surface area contributed by atoms with Crippen molar-refractivity contribution in [3.63, 3.8) is 0 Å². The van der Waals surface area contributed by atoms with Crippen molar-refractivity contribution in [3.05, 3.63) is 12.2 Å². The smallest absolute Gasteiger partial charge is 0.0135 e. The first-order valence-electron chi connectivity index (χ1n) is 8.28. The van der Waals surface area contributed by atoms with Gasteiger partial charge in [-0.25, -0.2) is 0 Å². The molecule has 0 saturated carbocycles. The van der Waals surface area contributed by atoms with E-state index < -0.39 is 0 Å². The van der Waals surface area contributed by atoms with Gasteiger partial charge in [0.15, 0.2) is 0 Å². The highest BCUT2D eigenvalue weighted by molar-refractivity contribution is 5.86. The summed E-state index contributed by atoms with van der Waals surface area (Å²) in [5, 5.41) is 13.7. The van der Waals surface area contributed by atoms with E-state index in [0.29, 0.717) is 6.04 Å². The summed E-state index contributed by atoms with van der Waals surface area (Å²) in [4.78, 5) is 0. The number of rotatable bonds is 15. The van der Waals surface area contributed by atoms with Gasteiger partial charge >= 0.3 is 0 Å². The lowest BCUT2D eigenvalue weighted by Gasteiger charge is -2.07. The Labute approximate surface area is 174 Å². The van der Waals surface area contributed by atoms with E-state index in [1.165, 1.54) is 19.3 Å². The molecule has 4 nitrogen and oxygen atoms in total. The Balaban J connectivity index is -0.000000301. The van der Waals surface area contributed by atoms with Gasteiger partial charge in [-0.1, -0.05) is 32.9 Å². The Morgan fingerprint density at radius 1 is 0.667 bits per heavy atom. The normalized spacial score (nSPS) is 9.83. The molecule has 0 spiro atoms. The van der Waals surface area contributed by atoms with Crippen LogP contribution in [0.25, 0.3) is 0 Å². The molecule has 0 amide bonds. The second-order valence-corrected chi connectivity index (χ2v) is 5.45. The maximum atomic E-state index is 3.42. The lowest BCUT2D eigenvalue weighted by molar-refractivity contribution is 0.556. The zero-order valence-electron chi connectivity index (χ0n) is 15.4. The zero-order valence-corrected chi connectivity index (χ0v) is 18.7. The molecule has 0 radical (unpaired) electrons. The van der Waals surface area contributed by atoms with Gasteiger partial charge < -0.3 is 21.3 Å². The van der Waals surface area contributed by atoms with Crippen molar-refractivity contribution in [2.45, 2.75) is 46.1 Å². The third-order valence-corrected chi connectivity index (χ3v) is 2.91. The molecule has 0 rings (SSSR count). The van der Waals surface area contributed by atoms with E-state index in [0.717, 1.165) is 45.8 Å². The van der Waals surface area contributed by atoms with Gasteiger partial charge in [0.1, 0.15) is 0 Å². The van der Waals surface area contributed by atoms with E-state index in [4.69, 9.17) is 0 Å². The first-order valence-corrected chi connectivity index (χ1v) is 8.28. The molecule has 0 aliphatic heterocycles. The molecule has 0 aromatic rings. The minimum Gasteiger partial charge on any atom is -0.317 e. The quantitative estimate of drug-likeness (QED) is 0.238. The van der Waals surface area contributed by atoms with Crippen molar-refractivity contribution in [2.75, 3.05) is 45.8 Å². The molecular weight excluding hydrogens is 390 g/mol. The van der Waals surface area contributed by atoms with Gasteiger partial charge in [0.05, 0.1) is 0 Å². The van der Waals surface area contributed by atoms with Crippen LogP contribution in [0.4, 0.5) is 0 Å². The summed E-state index contributed by atoms with van der Waals surface area (Å²) in [6.45, 7) is 14.1. The summed E-state index contributed by atoms with van der Waals surface area (Å²) in [5.74, 6) is 0. The molecule has 8 heteroatoms. The minimum absolute atomic E-state index is 0. The average molecular weight is 430 g/mol. The van der Waals surface area contributed by atoms with Crippen molar-refractivity contribution >= 4 is 49.6 Å². The minimum atomic E-state index is 0. The maximum Gasteiger partial charge on any atom is 0.0135 e. The SMILES string of the molecule is CCCNCCCNC/C=C/CNCCCNC(C)C.Cl.Cl.Cl.Cl. The lowest BCUT2D eigenvalue weighted by Crippen LogP contribution is -2.27. The van der Waals surface area contributed by atoms with Crippen LogP contribution in [0.3, 0.4) is 0 Å². The largest absolute Gasteiger partial charge is 0.317 e. The van der Waals surface area contributed by atoms with E-state index >= 15 is 0 Å². The topological polar surface area (TPSA) is 48.1 Å². The standard InChI is InChI=1S/C16H36N4.4ClH/c1-4-9-17-12-7-13-18-10-5-6-11-19-14-8-15-20-16(2)3;;;;/h5-6,16-20H,4,7-15H2,1-3H3;4*1H/b6-5+;;;;. The number of halogens is 4. The first-order chi connectivity index (χ1) is 9.77. The molecule has 0 saturated heterocycles. The summed E-state index contributed by atoms with van der Waals surface area (Å²) < 4.78 is 0. The molecule has 4 N–H and O–H groups in total. The summed E-state index contributed by atoms with van der Waals surface area (Å²) in [7, 11) is 0. The van der Waals surface area contributed by atoms with Gasteiger partial charge in [0.25, 0.3) is 0 Å². The van der Waals surface area contributed by atoms with Crippen LogP contribution < -0.4 is 21.3 Å². The van der Waals surface area contributed by atoms with E-state index in [2.05, 4.69) is 54.2 Å². The van der Waals surface area contributed by atoms with Gasteiger partial charge in [-0.05, 0) is 52.0 Å². The van der Waals surface area contributed by atoms with Crippen LogP contribution in [0.1, 0.15) is 40.0 Å². The molecule has 0 heterocycles. The predicted octanol–water partition coefficient (Wildman–Crippen LogP) is 3.19. The molecule has 0 unspecified atom stereocenters. The summed E-state index contributed by atoms with van der Waals surface area (Å²) in [5.41, 5.74) is 0. The summed E-state index contributed by atoms with van der Waals surface area (Å²) >= 11 is 0. The highest BCUT2D eigenvalue weighted by Crippen LogP contribution is 1.80. The van der Waals surface area contributed by atoms with Crippen LogP contribution in [-0.2, 0) is 0 Å². The van der Waals surface area contributed by atoms with Gasteiger partial charge in [-0.15, -0.1) is 49.6 Å². The fourth-order valence-corrected chi connectivity index (χ4v) is 1.78. The molecule has 0 bridgehead atoms. The molecule has 0 aromatic heterocycles. The number of nitrogens with one attached hydrogen (secondary N) is 4. The molecule has 0 aliphatic rings. The second kappa shape index (κ2) is 31.5. The Hall–Kier alpha value is 0.740. The van der Waals surface area contributed by atoms with Crippen LogP contribution in [-0.4, -0.2) is 51.9 Å². The average Bonchev–Trinajstić information content (AvgIpc) is 2.43. The predicted molar refractivity (Wildman–Crippen MR) is 119 cm³/mol. The third kappa shape index (κ3) is 34.2. The van der Waals surface area contributed by atoms with Crippen molar-refractivity contribution in [1.29, 1.82) is 0 Å². The van der Waals surface area contributed by atoms with Crippen molar-refractivity contribution in [3.8, 4) is 0 Å². The van der Waals surface area contributed by atoms with E-state index in [-0.39, 0.29) is 49.6 Å². The highest BCUT2D eigenvalue weighted by atomic mass is 35.5.